The average molecular weight is 264 g/mol. The summed E-state index contributed by atoms with van der Waals surface area (Å²) >= 11 is 2.64. The Balaban J connectivity index is 3.19. The SMILES string of the molecule is O=[N+]([O-])c1cccc(C(Br)=C(F)F)c1. The van der Waals surface area contributed by atoms with Crippen molar-refractivity contribution in [3.63, 3.8) is 0 Å². The van der Waals surface area contributed by atoms with E-state index in [0.29, 0.717) is 0 Å². The topological polar surface area (TPSA) is 43.1 Å². The number of halogens is 3. The number of hydrogen-bond donors (Lipinski definition) is 0. The number of nitro groups is 1. The quantitative estimate of drug-likeness (QED) is 0.605. The van der Waals surface area contributed by atoms with E-state index >= 15 is 0 Å². The maximum atomic E-state index is 12.1. The monoisotopic (exact) mass is 263 g/mol. The number of benzene rings is 1. The lowest BCUT2D eigenvalue weighted by Crippen LogP contribution is -1.88. The second kappa shape index (κ2) is 4.28. The molecule has 0 N–H and O–H groups in total. The molecule has 3 nitrogen and oxygen atoms in total. The van der Waals surface area contributed by atoms with E-state index in [0.717, 1.165) is 6.07 Å². The van der Waals surface area contributed by atoms with Gasteiger partial charge in [0, 0.05) is 17.7 Å². The number of hydrogen-bond acceptors (Lipinski definition) is 2. The molecule has 0 aliphatic rings. The van der Waals surface area contributed by atoms with Crippen LogP contribution in [0.1, 0.15) is 5.56 Å². The molecule has 0 unspecified atom stereocenters. The predicted molar refractivity (Wildman–Crippen MR) is 51.2 cm³/mol. The van der Waals surface area contributed by atoms with Gasteiger partial charge in [-0.25, -0.2) is 0 Å². The Morgan fingerprint density at radius 2 is 2.07 bits per heavy atom. The van der Waals surface area contributed by atoms with Gasteiger partial charge in [0.15, 0.2) is 0 Å². The molecule has 0 bridgehead atoms. The second-order valence-corrected chi connectivity index (χ2v) is 3.17. The summed E-state index contributed by atoms with van der Waals surface area (Å²) in [6.45, 7) is 0. The lowest BCUT2D eigenvalue weighted by Gasteiger charge is -1.97. The van der Waals surface area contributed by atoms with Gasteiger partial charge in [0.25, 0.3) is 11.8 Å². The van der Waals surface area contributed by atoms with Gasteiger partial charge in [-0.15, -0.1) is 0 Å². The van der Waals surface area contributed by atoms with Gasteiger partial charge < -0.3 is 0 Å². The van der Waals surface area contributed by atoms with Gasteiger partial charge in [-0.1, -0.05) is 12.1 Å². The van der Waals surface area contributed by atoms with E-state index in [4.69, 9.17) is 0 Å². The van der Waals surface area contributed by atoms with Crippen LogP contribution in [-0.4, -0.2) is 4.92 Å². The van der Waals surface area contributed by atoms with Crippen LogP contribution in [0, 0.1) is 10.1 Å². The molecule has 0 saturated heterocycles. The molecule has 0 aliphatic carbocycles. The van der Waals surface area contributed by atoms with Crippen molar-refractivity contribution in [2.75, 3.05) is 0 Å². The highest BCUT2D eigenvalue weighted by molar-refractivity contribution is 9.15. The fourth-order valence-electron chi connectivity index (χ4n) is 0.865. The zero-order chi connectivity index (χ0) is 10.7. The third-order valence-electron chi connectivity index (χ3n) is 1.48. The molecule has 1 rings (SSSR count). The van der Waals surface area contributed by atoms with E-state index in [9.17, 15) is 18.9 Å². The highest BCUT2D eigenvalue weighted by atomic mass is 79.9. The van der Waals surface area contributed by atoms with E-state index in [1.54, 1.807) is 0 Å². The minimum Gasteiger partial charge on any atom is -0.258 e. The van der Waals surface area contributed by atoms with E-state index in [1.807, 2.05) is 0 Å². The van der Waals surface area contributed by atoms with Crippen LogP contribution in [0.2, 0.25) is 0 Å². The van der Waals surface area contributed by atoms with E-state index < -0.39 is 15.5 Å². The summed E-state index contributed by atoms with van der Waals surface area (Å²) < 4.78 is 23.8. The van der Waals surface area contributed by atoms with Gasteiger partial charge in [0.1, 0.15) is 0 Å². The fraction of sp³-hybridized carbons (Fsp3) is 0. The summed E-state index contributed by atoms with van der Waals surface area (Å²) in [5.74, 6) is 0. The molecule has 1 aromatic rings. The maximum Gasteiger partial charge on any atom is 0.285 e. The van der Waals surface area contributed by atoms with Crippen molar-refractivity contribution >= 4 is 26.1 Å². The zero-order valence-corrected chi connectivity index (χ0v) is 8.29. The predicted octanol–water partition coefficient (Wildman–Crippen LogP) is 3.55. The first-order chi connectivity index (χ1) is 6.52. The van der Waals surface area contributed by atoms with E-state index in [1.165, 1.54) is 18.2 Å². The number of rotatable bonds is 2. The van der Waals surface area contributed by atoms with Crippen LogP contribution in [0.3, 0.4) is 0 Å². The molecular formula is C8H4BrF2NO2. The lowest BCUT2D eigenvalue weighted by molar-refractivity contribution is -0.384. The number of nitrogens with zero attached hydrogens (tertiary/aromatic N) is 1. The molecule has 0 heterocycles. The highest BCUT2D eigenvalue weighted by Crippen LogP contribution is 2.28. The normalized spacial score (nSPS) is 9.64. The smallest absolute Gasteiger partial charge is 0.258 e. The third-order valence-corrected chi connectivity index (χ3v) is 2.23. The van der Waals surface area contributed by atoms with Crippen LogP contribution in [0.4, 0.5) is 14.5 Å². The molecular weight excluding hydrogens is 260 g/mol. The summed E-state index contributed by atoms with van der Waals surface area (Å²) in [7, 11) is 0. The molecule has 0 radical (unpaired) electrons. The van der Waals surface area contributed by atoms with E-state index in [2.05, 4.69) is 15.9 Å². The Labute approximate surface area is 86.3 Å². The van der Waals surface area contributed by atoms with Crippen LogP contribution < -0.4 is 0 Å². The van der Waals surface area contributed by atoms with Crippen molar-refractivity contribution in [1.29, 1.82) is 0 Å². The fourth-order valence-corrected chi connectivity index (χ4v) is 1.11. The number of nitro benzene ring substituents is 1. The molecule has 0 atom stereocenters. The first-order valence-corrected chi connectivity index (χ1v) is 4.27. The lowest BCUT2D eigenvalue weighted by atomic mass is 10.2. The molecule has 6 heteroatoms. The van der Waals surface area contributed by atoms with Crippen LogP contribution in [0.5, 0.6) is 0 Å². The van der Waals surface area contributed by atoms with E-state index in [-0.39, 0.29) is 11.3 Å². The molecule has 0 fully saturated rings. The highest BCUT2D eigenvalue weighted by Gasteiger charge is 2.10. The second-order valence-electron chi connectivity index (χ2n) is 2.38. The molecule has 0 saturated carbocycles. The maximum absolute atomic E-state index is 12.1. The van der Waals surface area contributed by atoms with Gasteiger partial charge in [0.05, 0.1) is 9.41 Å². The Morgan fingerprint density at radius 1 is 1.43 bits per heavy atom. The van der Waals surface area contributed by atoms with Gasteiger partial charge in [-0.2, -0.15) is 8.78 Å². The minimum absolute atomic E-state index is 0.0826. The average Bonchev–Trinajstić information content (AvgIpc) is 2.16. The van der Waals surface area contributed by atoms with Crippen molar-refractivity contribution in [2.24, 2.45) is 0 Å². The molecule has 1 aromatic carbocycles. The van der Waals surface area contributed by atoms with Crippen molar-refractivity contribution < 1.29 is 13.7 Å². The molecule has 74 valence electrons. The van der Waals surface area contributed by atoms with Crippen LogP contribution in [0.15, 0.2) is 30.3 Å². The summed E-state index contributed by atoms with van der Waals surface area (Å²) in [6, 6.07) is 5.01. The Morgan fingerprint density at radius 3 is 2.57 bits per heavy atom. The van der Waals surface area contributed by atoms with Gasteiger partial charge in [-0.3, -0.25) is 10.1 Å². The summed E-state index contributed by atoms with van der Waals surface area (Å²) in [4.78, 5) is 9.69. The molecule has 0 aliphatic heterocycles. The molecule has 0 amide bonds. The number of non-ortho nitro benzene ring substituents is 1. The minimum atomic E-state index is -1.91. The first-order valence-electron chi connectivity index (χ1n) is 3.48. The summed E-state index contributed by atoms with van der Waals surface area (Å²) in [5, 5.41) is 10.3. The van der Waals surface area contributed by atoms with Gasteiger partial charge in [-0.05, 0) is 15.9 Å². The molecule has 0 aromatic heterocycles. The van der Waals surface area contributed by atoms with Crippen molar-refractivity contribution in [2.45, 2.75) is 0 Å². The zero-order valence-electron chi connectivity index (χ0n) is 6.71. The Hall–Kier alpha value is -1.30. The Bertz CT molecular complexity index is 402. The van der Waals surface area contributed by atoms with Crippen molar-refractivity contribution in [3.05, 3.63) is 46.0 Å². The largest absolute Gasteiger partial charge is 0.285 e. The standard InChI is InChI=1S/C8H4BrF2NO2/c9-7(8(10)11)5-2-1-3-6(4-5)12(13)14/h1-4H. The molecule has 0 spiro atoms. The van der Waals surface area contributed by atoms with Crippen LogP contribution in [0.25, 0.3) is 4.48 Å². The Kier molecular flexibility index (Phi) is 3.29. The first kappa shape index (κ1) is 10.8. The van der Waals surface area contributed by atoms with Crippen LogP contribution >= 0.6 is 15.9 Å². The molecule has 14 heavy (non-hydrogen) atoms. The van der Waals surface area contributed by atoms with Gasteiger partial charge >= 0.3 is 0 Å². The van der Waals surface area contributed by atoms with Crippen molar-refractivity contribution in [3.8, 4) is 0 Å². The van der Waals surface area contributed by atoms with Gasteiger partial charge in [0.2, 0.25) is 0 Å². The van der Waals surface area contributed by atoms with Crippen molar-refractivity contribution in [1.82, 2.24) is 0 Å². The summed E-state index contributed by atoms with van der Waals surface area (Å²) in [6.07, 6.45) is -1.91. The summed E-state index contributed by atoms with van der Waals surface area (Å²) in [5.41, 5.74) is -0.139. The van der Waals surface area contributed by atoms with Crippen LogP contribution in [-0.2, 0) is 0 Å². The third kappa shape index (κ3) is 2.35.